The third-order valence-corrected chi connectivity index (χ3v) is 3.49. The fourth-order valence-electron chi connectivity index (χ4n) is 2.35. The summed E-state index contributed by atoms with van der Waals surface area (Å²) in [4.78, 5) is 2.41. The van der Waals surface area contributed by atoms with Crippen molar-refractivity contribution in [3.63, 3.8) is 0 Å². The summed E-state index contributed by atoms with van der Waals surface area (Å²) in [6.45, 7) is 5.55. The fraction of sp³-hybridized carbons (Fsp3) is 0.600. The third-order valence-electron chi connectivity index (χ3n) is 3.49. The Hall–Kier alpha value is -1.06. The first-order valence-electron chi connectivity index (χ1n) is 6.84. The average molecular weight is 249 g/mol. The maximum Gasteiger partial charge on any atom is 0.119 e. The zero-order valence-electron chi connectivity index (χ0n) is 11.1. The molecule has 0 saturated carbocycles. The van der Waals surface area contributed by atoms with Crippen molar-refractivity contribution >= 4 is 0 Å². The Kier molecular flexibility index (Phi) is 5.02. The molecule has 2 rings (SSSR count). The molecule has 100 valence electrons. The first-order chi connectivity index (χ1) is 8.78. The predicted molar refractivity (Wildman–Crippen MR) is 73.0 cm³/mol. The van der Waals surface area contributed by atoms with E-state index < -0.39 is 0 Å². The van der Waals surface area contributed by atoms with E-state index in [2.05, 4.69) is 24.0 Å². The number of aryl methyl sites for hydroxylation is 1. The van der Waals surface area contributed by atoms with E-state index in [0.29, 0.717) is 12.7 Å². The van der Waals surface area contributed by atoms with E-state index in [1.54, 1.807) is 0 Å². The van der Waals surface area contributed by atoms with Crippen LogP contribution in [-0.4, -0.2) is 42.4 Å². The molecule has 0 amide bonds. The lowest BCUT2D eigenvalue weighted by Gasteiger charge is -2.32. The van der Waals surface area contributed by atoms with Crippen LogP contribution in [0.15, 0.2) is 24.3 Å². The number of rotatable bonds is 5. The molecule has 1 N–H and O–H groups in total. The summed E-state index contributed by atoms with van der Waals surface area (Å²) in [6, 6.07) is 8.28. The van der Waals surface area contributed by atoms with E-state index in [1.807, 2.05) is 12.1 Å². The number of nitrogens with zero attached hydrogens (tertiary/aromatic N) is 1. The molecule has 0 spiro atoms. The van der Waals surface area contributed by atoms with Gasteiger partial charge >= 0.3 is 0 Å². The van der Waals surface area contributed by atoms with Crippen LogP contribution in [0, 0.1) is 6.92 Å². The Morgan fingerprint density at radius 1 is 1.22 bits per heavy atom. The molecule has 0 aromatic heterocycles. The minimum absolute atomic E-state index is 0.291. The highest BCUT2D eigenvalue weighted by Gasteiger charge is 2.19. The summed E-state index contributed by atoms with van der Waals surface area (Å²) in [7, 11) is 0. The number of benzene rings is 1. The average Bonchev–Trinajstić information content (AvgIpc) is 2.41. The standard InChI is InChI=1S/C15H23NO2/c1-13-3-5-14(6-4-13)18-15-7-10-16(11-8-15)9-2-12-17/h3-6,15,17H,2,7-12H2,1H3. The number of piperidine rings is 1. The Labute approximate surface area is 109 Å². The van der Waals surface area contributed by atoms with Gasteiger partial charge in [0, 0.05) is 26.2 Å². The third kappa shape index (κ3) is 4.00. The van der Waals surface area contributed by atoms with Crippen LogP contribution in [0.4, 0.5) is 0 Å². The molecular formula is C15H23NO2. The van der Waals surface area contributed by atoms with Crippen LogP contribution in [0.1, 0.15) is 24.8 Å². The van der Waals surface area contributed by atoms with Gasteiger partial charge in [0.05, 0.1) is 0 Å². The van der Waals surface area contributed by atoms with Gasteiger partial charge in [-0.2, -0.15) is 0 Å². The van der Waals surface area contributed by atoms with E-state index in [0.717, 1.165) is 44.6 Å². The number of aliphatic hydroxyl groups excluding tert-OH is 1. The molecule has 1 aromatic rings. The van der Waals surface area contributed by atoms with Gasteiger partial charge in [0.25, 0.3) is 0 Å². The van der Waals surface area contributed by atoms with Gasteiger partial charge in [0.1, 0.15) is 11.9 Å². The highest BCUT2D eigenvalue weighted by Crippen LogP contribution is 2.19. The summed E-state index contributed by atoms with van der Waals surface area (Å²) in [6.07, 6.45) is 3.39. The molecule has 1 saturated heterocycles. The molecular weight excluding hydrogens is 226 g/mol. The second kappa shape index (κ2) is 6.76. The summed E-state index contributed by atoms with van der Waals surface area (Å²) in [5, 5.41) is 8.81. The molecule has 0 atom stereocenters. The quantitative estimate of drug-likeness (QED) is 0.868. The van der Waals surface area contributed by atoms with Gasteiger partial charge < -0.3 is 14.7 Å². The van der Waals surface area contributed by atoms with Crippen LogP contribution in [0.5, 0.6) is 5.75 Å². The van der Waals surface area contributed by atoms with Crippen molar-refractivity contribution in [2.45, 2.75) is 32.3 Å². The van der Waals surface area contributed by atoms with Gasteiger partial charge in [0.15, 0.2) is 0 Å². The number of aliphatic hydroxyl groups is 1. The van der Waals surface area contributed by atoms with Gasteiger partial charge in [-0.05, 0) is 38.3 Å². The van der Waals surface area contributed by atoms with Gasteiger partial charge in [0.2, 0.25) is 0 Å². The van der Waals surface area contributed by atoms with Crippen molar-refractivity contribution in [3.05, 3.63) is 29.8 Å². The van der Waals surface area contributed by atoms with Crippen LogP contribution < -0.4 is 4.74 Å². The zero-order chi connectivity index (χ0) is 12.8. The molecule has 1 aliphatic rings. The van der Waals surface area contributed by atoms with Crippen molar-refractivity contribution < 1.29 is 9.84 Å². The SMILES string of the molecule is Cc1ccc(OC2CCN(CCCO)CC2)cc1. The lowest BCUT2D eigenvalue weighted by molar-refractivity contribution is 0.0963. The topological polar surface area (TPSA) is 32.7 Å². The monoisotopic (exact) mass is 249 g/mol. The van der Waals surface area contributed by atoms with Crippen LogP contribution in [0.2, 0.25) is 0 Å². The van der Waals surface area contributed by atoms with Crippen LogP contribution in [0.25, 0.3) is 0 Å². The predicted octanol–water partition coefficient (Wildman–Crippen LogP) is 2.22. The molecule has 0 unspecified atom stereocenters. The number of likely N-dealkylation sites (tertiary alicyclic amines) is 1. The molecule has 1 fully saturated rings. The second-order valence-corrected chi connectivity index (χ2v) is 5.05. The zero-order valence-corrected chi connectivity index (χ0v) is 11.1. The maximum atomic E-state index is 8.81. The molecule has 1 aromatic carbocycles. The molecule has 1 aliphatic heterocycles. The lowest BCUT2D eigenvalue weighted by Crippen LogP contribution is -2.38. The first-order valence-corrected chi connectivity index (χ1v) is 6.84. The van der Waals surface area contributed by atoms with Crippen molar-refractivity contribution in [2.75, 3.05) is 26.2 Å². The van der Waals surface area contributed by atoms with Gasteiger partial charge in [-0.25, -0.2) is 0 Å². The van der Waals surface area contributed by atoms with E-state index in [-0.39, 0.29) is 0 Å². The van der Waals surface area contributed by atoms with Crippen molar-refractivity contribution in [2.24, 2.45) is 0 Å². The summed E-state index contributed by atoms with van der Waals surface area (Å²) in [5.41, 5.74) is 1.26. The van der Waals surface area contributed by atoms with Crippen LogP contribution >= 0.6 is 0 Å². The van der Waals surface area contributed by atoms with E-state index in [9.17, 15) is 0 Å². The molecule has 0 aliphatic carbocycles. The second-order valence-electron chi connectivity index (χ2n) is 5.05. The minimum Gasteiger partial charge on any atom is -0.490 e. The fourth-order valence-corrected chi connectivity index (χ4v) is 2.35. The van der Waals surface area contributed by atoms with Crippen molar-refractivity contribution in [1.29, 1.82) is 0 Å². The highest BCUT2D eigenvalue weighted by atomic mass is 16.5. The van der Waals surface area contributed by atoms with Crippen LogP contribution in [0.3, 0.4) is 0 Å². The Morgan fingerprint density at radius 3 is 2.50 bits per heavy atom. The van der Waals surface area contributed by atoms with Crippen molar-refractivity contribution in [3.8, 4) is 5.75 Å². The number of ether oxygens (including phenoxy) is 1. The summed E-state index contributed by atoms with van der Waals surface area (Å²) >= 11 is 0. The Morgan fingerprint density at radius 2 is 1.89 bits per heavy atom. The first kappa shape index (κ1) is 13.4. The van der Waals surface area contributed by atoms with Gasteiger partial charge in [-0.1, -0.05) is 17.7 Å². The van der Waals surface area contributed by atoms with Gasteiger partial charge in [-0.3, -0.25) is 0 Å². The molecule has 1 heterocycles. The maximum absolute atomic E-state index is 8.81. The van der Waals surface area contributed by atoms with Crippen LogP contribution in [-0.2, 0) is 0 Å². The smallest absolute Gasteiger partial charge is 0.119 e. The molecule has 0 bridgehead atoms. The summed E-state index contributed by atoms with van der Waals surface area (Å²) in [5.74, 6) is 0.981. The molecule has 3 heteroatoms. The molecule has 0 radical (unpaired) electrons. The largest absolute Gasteiger partial charge is 0.490 e. The van der Waals surface area contributed by atoms with Crippen molar-refractivity contribution in [1.82, 2.24) is 4.90 Å². The minimum atomic E-state index is 0.291. The Bertz CT molecular complexity index is 342. The highest BCUT2D eigenvalue weighted by molar-refractivity contribution is 5.26. The summed E-state index contributed by atoms with van der Waals surface area (Å²) < 4.78 is 5.99. The Balaban J connectivity index is 1.74. The molecule has 3 nitrogen and oxygen atoms in total. The van der Waals surface area contributed by atoms with E-state index in [4.69, 9.17) is 9.84 Å². The number of hydrogen-bond donors (Lipinski definition) is 1. The van der Waals surface area contributed by atoms with E-state index in [1.165, 1.54) is 5.56 Å². The lowest BCUT2D eigenvalue weighted by atomic mass is 10.1. The normalized spacial score (nSPS) is 17.9. The van der Waals surface area contributed by atoms with E-state index >= 15 is 0 Å². The number of hydrogen-bond acceptors (Lipinski definition) is 3. The van der Waals surface area contributed by atoms with Gasteiger partial charge in [-0.15, -0.1) is 0 Å². The molecule has 18 heavy (non-hydrogen) atoms.